The van der Waals surface area contributed by atoms with Crippen molar-refractivity contribution in [1.82, 2.24) is 30.2 Å². The van der Waals surface area contributed by atoms with Crippen LogP contribution >= 0.6 is 34.4 Å². The smallest absolute Gasteiger partial charge is 0.386 e. The van der Waals surface area contributed by atoms with E-state index in [4.69, 9.17) is 19.5 Å². The molecule has 0 saturated carbocycles. The summed E-state index contributed by atoms with van der Waals surface area (Å²) in [6.07, 6.45) is 10.7. The minimum atomic E-state index is -5.58. The average Bonchev–Trinajstić information content (AvgIpc) is 3.81. The number of rotatable bonds is 34. The van der Waals surface area contributed by atoms with Crippen molar-refractivity contribution >= 4 is 68.3 Å². The summed E-state index contributed by atoms with van der Waals surface area (Å²) in [6, 6.07) is 0. The van der Waals surface area contributed by atoms with Crippen LogP contribution in [0.25, 0.3) is 11.2 Å². The molecule has 0 bridgehead atoms. The molecular formula is C39H72N7O17P3S. The summed E-state index contributed by atoms with van der Waals surface area (Å²) >= 11 is 0. The Labute approximate surface area is 394 Å². The Kier molecular flexibility index (Phi) is 25.0. The first-order valence-corrected chi connectivity index (χ1v) is 28.8. The minimum Gasteiger partial charge on any atom is -0.386 e. The standard InChI is InChI=1S/C39H72N7O17P3S/c1-5-6-7-8-9-10-11-12-13-14-15-16-17-18-22-67(28(2)47)23-21-41-30(48)19-20-42-37(51)34(50)39(3,4)25-60-66(57,58)63-65(55,56)59-24-29-33(62-64(52,53)54)32(49)38(61-29)46-27-45-31-35(40)43-26-44-36(31)46/h26-27,29,32-34,38,49-50,67H,5-25H2,1-4H3,(H,41,48)(H,42,51)(H,55,56)(H,57,58)(H2,40,43,44)(H2,52,53,54)/t29-,32-,33-,34?,38-/m1/s1. The number of phosphoric acid groups is 3. The number of nitrogens with two attached hydrogens (primary N) is 1. The number of carbonyl (C=O) groups excluding carboxylic acids is 3. The second-order valence-electron chi connectivity index (χ2n) is 17.2. The fourth-order valence-corrected chi connectivity index (χ4v) is 11.9. The number of aliphatic hydroxyl groups is 2. The number of amides is 2. The number of imidazole rings is 1. The van der Waals surface area contributed by atoms with E-state index in [1.165, 1.54) is 84.5 Å². The number of unbranched alkanes of at least 4 members (excludes halogenated alkanes) is 13. The van der Waals surface area contributed by atoms with E-state index in [9.17, 15) is 57.9 Å². The quantitative estimate of drug-likeness (QED) is 0.0263. The molecule has 386 valence electrons. The molecule has 10 N–H and O–H groups in total. The van der Waals surface area contributed by atoms with Crippen molar-refractivity contribution in [3.63, 3.8) is 0 Å². The van der Waals surface area contributed by atoms with Crippen LogP contribution in [0.3, 0.4) is 0 Å². The van der Waals surface area contributed by atoms with Crippen LogP contribution < -0.4 is 16.4 Å². The molecule has 2 aromatic rings. The van der Waals surface area contributed by atoms with E-state index in [2.05, 4.69) is 41.3 Å². The van der Waals surface area contributed by atoms with Crippen LogP contribution in [0.4, 0.5) is 5.82 Å². The van der Waals surface area contributed by atoms with E-state index in [1.807, 2.05) is 0 Å². The lowest BCUT2D eigenvalue weighted by Crippen LogP contribution is -2.46. The SMILES string of the molecule is CCCCCCCCCCCCCCCC[SH](CCNC(=O)CCNC(=O)C(O)C(C)(C)COP(=O)(O)OP(=O)(O)OC[C@H]1O[C@@H](n2cnc3c(N)ncnc32)[C@H](O)[C@@H]1OP(=O)(O)O)C(C)=O. The van der Waals surface area contributed by atoms with Gasteiger partial charge in [0, 0.05) is 31.8 Å². The van der Waals surface area contributed by atoms with Crippen LogP contribution in [0.5, 0.6) is 0 Å². The Morgan fingerprint density at radius 3 is 2.03 bits per heavy atom. The van der Waals surface area contributed by atoms with Gasteiger partial charge in [-0.1, -0.05) is 104 Å². The maximum atomic E-state index is 12.8. The second-order valence-corrected chi connectivity index (χ2v) is 24.0. The molecule has 0 radical (unpaired) electrons. The van der Waals surface area contributed by atoms with Gasteiger partial charge in [0.15, 0.2) is 22.8 Å². The first-order valence-electron chi connectivity index (χ1n) is 22.6. The number of aliphatic hydroxyl groups excluding tert-OH is 2. The highest BCUT2D eigenvalue weighted by atomic mass is 32.2. The van der Waals surface area contributed by atoms with Gasteiger partial charge in [-0.2, -0.15) is 15.2 Å². The molecule has 67 heavy (non-hydrogen) atoms. The molecule has 1 aliphatic rings. The zero-order chi connectivity index (χ0) is 49.8. The highest BCUT2D eigenvalue weighted by molar-refractivity contribution is 8.29. The number of hydrogen-bond donors (Lipinski definition) is 10. The number of phosphoric ester groups is 3. The minimum absolute atomic E-state index is 0.0350. The van der Waals surface area contributed by atoms with Crippen molar-refractivity contribution in [3.05, 3.63) is 12.7 Å². The van der Waals surface area contributed by atoms with Crippen LogP contribution in [0.2, 0.25) is 0 Å². The number of aromatic nitrogens is 4. The Morgan fingerprint density at radius 2 is 1.45 bits per heavy atom. The van der Waals surface area contributed by atoms with Gasteiger partial charge in [0.1, 0.15) is 36.3 Å². The van der Waals surface area contributed by atoms with E-state index in [1.54, 1.807) is 6.92 Å². The van der Waals surface area contributed by atoms with E-state index < -0.39 is 89.5 Å². The van der Waals surface area contributed by atoms with Crippen LogP contribution in [0, 0.1) is 5.41 Å². The van der Waals surface area contributed by atoms with Crippen molar-refractivity contribution < 1.29 is 80.5 Å². The van der Waals surface area contributed by atoms with Crippen molar-refractivity contribution in [3.8, 4) is 0 Å². The lowest BCUT2D eigenvalue weighted by molar-refractivity contribution is -0.137. The number of nitrogens with zero attached hydrogens (tertiary/aromatic N) is 4. The number of hydrogen-bond acceptors (Lipinski definition) is 17. The lowest BCUT2D eigenvalue weighted by Gasteiger charge is -2.30. The second kappa shape index (κ2) is 28.4. The number of carbonyl (C=O) groups is 3. The summed E-state index contributed by atoms with van der Waals surface area (Å²) in [5.74, 6) is -0.00314. The maximum Gasteiger partial charge on any atom is 0.481 e. The molecule has 2 aromatic heterocycles. The van der Waals surface area contributed by atoms with Crippen LogP contribution in [0.15, 0.2) is 12.7 Å². The maximum absolute atomic E-state index is 12.8. The number of ether oxygens (including phenoxy) is 1. The van der Waals surface area contributed by atoms with Crippen molar-refractivity contribution in [2.75, 3.05) is 43.5 Å². The Bertz CT molecular complexity index is 2010. The lowest BCUT2D eigenvalue weighted by atomic mass is 9.87. The Balaban J connectivity index is 1.35. The first-order chi connectivity index (χ1) is 31.5. The topological polar surface area (TPSA) is 364 Å². The van der Waals surface area contributed by atoms with E-state index in [0.29, 0.717) is 12.3 Å². The third kappa shape index (κ3) is 21.2. The summed E-state index contributed by atoms with van der Waals surface area (Å²) < 4.78 is 62.6. The highest BCUT2D eigenvalue weighted by Gasteiger charge is 2.50. The molecule has 0 aliphatic carbocycles. The van der Waals surface area contributed by atoms with Gasteiger partial charge >= 0.3 is 23.5 Å². The van der Waals surface area contributed by atoms with Crippen LogP contribution in [0.1, 0.15) is 130 Å². The number of anilines is 1. The summed E-state index contributed by atoms with van der Waals surface area (Å²) in [4.78, 5) is 88.7. The average molecular weight is 1040 g/mol. The molecule has 4 unspecified atom stereocenters. The largest absolute Gasteiger partial charge is 0.481 e. The molecule has 0 aromatic carbocycles. The normalized spacial score (nSPS) is 20.8. The Hall–Kier alpha value is -2.44. The van der Waals surface area contributed by atoms with E-state index in [0.717, 1.165) is 42.2 Å². The van der Waals surface area contributed by atoms with Gasteiger partial charge in [0.05, 0.1) is 19.5 Å². The zero-order valence-electron chi connectivity index (χ0n) is 38.7. The number of nitrogens with one attached hydrogen (secondary N) is 2. The van der Waals surface area contributed by atoms with E-state index >= 15 is 0 Å². The molecule has 3 heterocycles. The van der Waals surface area contributed by atoms with Gasteiger partial charge in [0.25, 0.3) is 0 Å². The van der Waals surface area contributed by atoms with Crippen molar-refractivity contribution in [1.29, 1.82) is 0 Å². The van der Waals surface area contributed by atoms with Crippen LogP contribution in [-0.4, -0.2) is 128 Å². The van der Waals surface area contributed by atoms with Crippen LogP contribution in [-0.2, 0) is 50.7 Å². The summed E-state index contributed by atoms with van der Waals surface area (Å²) in [7, 11) is -17.3. The summed E-state index contributed by atoms with van der Waals surface area (Å²) in [6.45, 7) is 4.49. The molecule has 28 heteroatoms. The molecule has 0 spiro atoms. The van der Waals surface area contributed by atoms with E-state index in [-0.39, 0.29) is 41.0 Å². The molecular weight excluding hydrogens is 963 g/mol. The first kappa shape index (κ1) is 58.9. The van der Waals surface area contributed by atoms with Gasteiger partial charge in [-0.15, -0.1) is 0 Å². The number of nitrogen functional groups attached to an aromatic ring is 1. The van der Waals surface area contributed by atoms with Gasteiger partial charge in [-0.3, -0.25) is 32.5 Å². The monoisotopic (exact) mass is 1040 g/mol. The number of thiol groups is 1. The van der Waals surface area contributed by atoms with Gasteiger partial charge in [-0.25, -0.2) is 28.6 Å². The molecule has 1 fully saturated rings. The van der Waals surface area contributed by atoms with Crippen molar-refractivity contribution in [2.45, 2.75) is 155 Å². The van der Waals surface area contributed by atoms with Crippen molar-refractivity contribution in [2.24, 2.45) is 5.41 Å². The summed E-state index contributed by atoms with van der Waals surface area (Å²) in [5, 5.41) is 26.9. The van der Waals surface area contributed by atoms with Gasteiger partial charge in [-0.05, 0) is 17.9 Å². The third-order valence-corrected chi connectivity index (χ3v) is 16.6. The van der Waals surface area contributed by atoms with Gasteiger partial charge < -0.3 is 50.9 Å². The molecule has 1 aliphatic heterocycles. The predicted octanol–water partition coefficient (Wildman–Crippen LogP) is 4.43. The van der Waals surface area contributed by atoms with Gasteiger partial charge in [0.2, 0.25) is 11.8 Å². The molecule has 3 rings (SSSR count). The zero-order valence-corrected chi connectivity index (χ0v) is 42.3. The Morgan fingerprint density at radius 1 is 0.866 bits per heavy atom. The molecule has 24 nitrogen and oxygen atoms in total. The fourth-order valence-electron chi connectivity index (χ4n) is 7.19. The predicted molar refractivity (Wildman–Crippen MR) is 249 cm³/mol. The molecule has 1 saturated heterocycles. The highest BCUT2D eigenvalue weighted by Crippen LogP contribution is 2.61. The summed E-state index contributed by atoms with van der Waals surface area (Å²) in [5.41, 5.74) is 4.30. The fraction of sp³-hybridized carbons (Fsp3) is 0.795. The molecule has 2 amide bonds. The third-order valence-electron chi connectivity index (χ3n) is 11.0. The number of fused-ring (bicyclic) bond motifs is 1. The molecule has 8 atom stereocenters.